The number of hydrogen-bond donors (Lipinski definition) is 4. The largest absolute Gasteiger partial charge is 0.444 e. The number of sulfonamides is 1. The molecule has 11 nitrogen and oxygen atoms in total. The lowest BCUT2D eigenvalue weighted by atomic mass is 9.96. The molecular formula is C36H43N5O6S. The zero-order valence-corrected chi connectivity index (χ0v) is 29.0. The highest BCUT2D eigenvalue weighted by atomic mass is 32.2. The summed E-state index contributed by atoms with van der Waals surface area (Å²) in [5.74, 6) is -0.838. The van der Waals surface area contributed by atoms with Crippen LogP contribution in [-0.4, -0.2) is 59.9 Å². The summed E-state index contributed by atoms with van der Waals surface area (Å²) in [6, 6.07) is 18.7. The minimum absolute atomic E-state index is 0.155. The number of alkyl carbamates (subject to hydrolysis) is 1. The lowest BCUT2D eigenvalue weighted by molar-refractivity contribution is -0.138. The lowest BCUT2D eigenvalue weighted by Crippen LogP contribution is -2.60. The first-order chi connectivity index (χ1) is 22.5. The van der Waals surface area contributed by atoms with Gasteiger partial charge in [0.25, 0.3) is 10.0 Å². The smallest absolute Gasteiger partial charge is 0.408 e. The van der Waals surface area contributed by atoms with Gasteiger partial charge < -0.3 is 25.3 Å². The number of ether oxygens (including phenoxy) is 1. The van der Waals surface area contributed by atoms with Crippen LogP contribution in [0.25, 0.3) is 10.9 Å². The molecule has 0 bridgehead atoms. The van der Waals surface area contributed by atoms with Crippen molar-refractivity contribution in [1.82, 2.24) is 20.5 Å². The molecule has 254 valence electrons. The number of benzene rings is 3. The van der Waals surface area contributed by atoms with Crippen LogP contribution >= 0.6 is 0 Å². The average molecular weight is 674 g/mol. The molecule has 2 heterocycles. The summed E-state index contributed by atoms with van der Waals surface area (Å²) in [5, 5.41) is 6.46. The summed E-state index contributed by atoms with van der Waals surface area (Å²) >= 11 is 0. The molecule has 12 heteroatoms. The maximum absolute atomic E-state index is 14.2. The summed E-state index contributed by atoms with van der Waals surface area (Å²) in [6.07, 6.45) is 1.85. The Morgan fingerprint density at radius 1 is 0.958 bits per heavy atom. The highest BCUT2D eigenvalue weighted by Gasteiger charge is 2.36. The van der Waals surface area contributed by atoms with Crippen molar-refractivity contribution in [2.45, 2.75) is 83.0 Å². The fraction of sp³-hybridized carbons (Fsp3) is 0.361. The van der Waals surface area contributed by atoms with E-state index in [1.807, 2.05) is 43.5 Å². The molecule has 0 saturated heterocycles. The third-order valence-corrected chi connectivity index (χ3v) is 9.59. The van der Waals surface area contributed by atoms with E-state index in [-0.39, 0.29) is 23.8 Å². The number of rotatable bonds is 9. The Labute approximate surface area is 281 Å². The SMILES string of the molecule is Cc1ccc(S(=O)(=O)Nc2ccc3c(c2)CN(C(=O)[C@@H](Cc2c[nH]c4ccccc24)NC(=O)C(C)(C)NC(=O)OC(C)(C)C)CC3)cc1. The Hall–Kier alpha value is -4.84. The van der Waals surface area contributed by atoms with E-state index in [9.17, 15) is 22.8 Å². The number of anilines is 1. The Morgan fingerprint density at radius 2 is 1.67 bits per heavy atom. The molecule has 0 saturated carbocycles. The van der Waals surface area contributed by atoms with Crippen molar-refractivity contribution >= 4 is 44.5 Å². The Bertz CT molecular complexity index is 1940. The standard InChI is InChI=1S/C36H43N5O6S/c1-23-11-15-28(16-12-23)48(45,46)40-27-14-13-24-17-18-41(22-26(24)19-27)32(42)31(20-25-21-37-30-10-8-7-9-29(25)30)38-33(43)36(5,6)39-34(44)47-35(2,3)4/h7-16,19,21,31,37,40H,17-18,20,22H2,1-6H3,(H,38,43)(H,39,44)/t31-/m1/s1. The molecule has 3 amide bonds. The number of amides is 3. The van der Waals surface area contributed by atoms with E-state index >= 15 is 0 Å². The number of aromatic amines is 1. The van der Waals surface area contributed by atoms with Gasteiger partial charge in [0.1, 0.15) is 17.2 Å². The number of hydrogen-bond acceptors (Lipinski definition) is 6. The molecule has 1 aliphatic rings. The van der Waals surface area contributed by atoms with E-state index in [0.717, 1.165) is 33.2 Å². The molecule has 1 aliphatic heterocycles. The Kier molecular flexibility index (Phi) is 9.59. The molecular weight excluding hydrogens is 630 g/mol. The Morgan fingerprint density at radius 3 is 2.38 bits per heavy atom. The molecule has 0 unspecified atom stereocenters. The van der Waals surface area contributed by atoms with Gasteiger partial charge in [-0.25, -0.2) is 13.2 Å². The van der Waals surface area contributed by atoms with E-state index < -0.39 is 39.2 Å². The van der Waals surface area contributed by atoms with Gasteiger partial charge in [-0.15, -0.1) is 0 Å². The number of fused-ring (bicyclic) bond motifs is 2. The topological polar surface area (TPSA) is 150 Å². The van der Waals surface area contributed by atoms with Crippen LogP contribution in [0.2, 0.25) is 0 Å². The number of carbonyl (C=O) groups is 3. The van der Waals surface area contributed by atoms with Crippen molar-refractivity contribution in [2.24, 2.45) is 0 Å². The second-order valence-electron chi connectivity index (χ2n) is 13.8. The predicted octanol–water partition coefficient (Wildman–Crippen LogP) is 5.19. The molecule has 0 radical (unpaired) electrons. The normalized spacial score (nSPS) is 14.2. The van der Waals surface area contributed by atoms with Crippen molar-refractivity contribution in [3.63, 3.8) is 0 Å². The molecule has 1 aromatic heterocycles. The molecule has 0 fully saturated rings. The summed E-state index contributed by atoms with van der Waals surface area (Å²) in [5.41, 5.74) is 2.78. The van der Waals surface area contributed by atoms with Gasteiger partial charge in [0, 0.05) is 42.3 Å². The van der Waals surface area contributed by atoms with Gasteiger partial charge in [-0.05, 0) is 95.0 Å². The van der Waals surface area contributed by atoms with Crippen LogP contribution in [0.3, 0.4) is 0 Å². The summed E-state index contributed by atoms with van der Waals surface area (Å²) in [6.45, 7) is 10.8. The predicted molar refractivity (Wildman–Crippen MR) is 185 cm³/mol. The zero-order chi connectivity index (χ0) is 34.9. The summed E-state index contributed by atoms with van der Waals surface area (Å²) < 4.78 is 34.1. The first-order valence-corrected chi connectivity index (χ1v) is 17.4. The number of para-hydroxylation sites is 1. The minimum Gasteiger partial charge on any atom is -0.444 e. The lowest BCUT2D eigenvalue weighted by Gasteiger charge is -2.34. The number of aryl methyl sites for hydroxylation is 1. The number of H-pyrrole nitrogens is 1. The van der Waals surface area contributed by atoms with Gasteiger partial charge in [0.05, 0.1) is 4.90 Å². The average Bonchev–Trinajstić information content (AvgIpc) is 3.41. The van der Waals surface area contributed by atoms with Crippen molar-refractivity contribution in [2.75, 3.05) is 11.3 Å². The van der Waals surface area contributed by atoms with Gasteiger partial charge in [0.2, 0.25) is 11.8 Å². The first-order valence-electron chi connectivity index (χ1n) is 15.9. The third kappa shape index (κ3) is 8.17. The van der Waals surface area contributed by atoms with Crippen LogP contribution in [0.4, 0.5) is 10.5 Å². The second-order valence-corrected chi connectivity index (χ2v) is 15.4. The number of nitrogens with zero attached hydrogens (tertiary/aromatic N) is 1. The van der Waals surface area contributed by atoms with Crippen molar-refractivity contribution in [3.05, 3.63) is 95.2 Å². The first kappa shape index (κ1) is 34.5. The van der Waals surface area contributed by atoms with Crippen LogP contribution < -0.4 is 15.4 Å². The number of nitrogens with one attached hydrogen (secondary N) is 4. The summed E-state index contributed by atoms with van der Waals surface area (Å²) in [4.78, 5) is 45.5. The van der Waals surface area contributed by atoms with Gasteiger partial charge in [-0.1, -0.05) is 42.0 Å². The number of carbonyl (C=O) groups excluding carboxylic acids is 3. The van der Waals surface area contributed by atoms with Gasteiger partial charge in [-0.3, -0.25) is 14.3 Å². The van der Waals surface area contributed by atoms with Crippen LogP contribution in [-0.2, 0) is 43.7 Å². The van der Waals surface area contributed by atoms with Crippen LogP contribution in [0.1, 0.15) is 56.9 Å². The summed E-state index contributed by atoms with van der Waals surface area (Å²) in [7, 11) is -3.81. The van der Waals surface area contributed by atoms with Crippen molar-refractivity contribution < 1.29 is 27.5 Å². The zero-order valence-electron chi connectivity index (χ0n) is 28.1. The van der Waals surface area contributed by atoms with Gasteiger partial charge in [-0.2, -0.15) is 0 Å². The maximum atomic E-state index is 14.2. The van der Waals surface area contributed by atoms with E-state index in [1.165, 1.54) is 0 Å². The van der Waals surface area contributed by atoms with Crippen LogP contribution in [0.5, 0.6) is 0 Å². The second kappa shape index (κ2) is 13.3. The molecule has 4 N–H and O–H groups in total. The highest BCUT2D eigenvalue weighted by molar-refractivity contribution is 7.92. The molecule has 3 aromatic carbocycles. The van der Waals surface area contributed by atoms with Crippen molar-refractivity contribution in [1.29, 1.82) is 0 Å². The third-order valence-electron chi connectivity index (χ3n) is 8.20. The van der Waals surface area contributed by atoms with Crippen LogP contribution in [0.15, 0.2) is 77.8 Å². The molecule has 4 aromatic rings. The quantitative estimate of drug-likeness (QED) is 0.192. The van der Waals surface area contributed by atoms with E-state index in [1.54, 1.807) is 75.9 Å². The van der Waals surface area contributed by atoms with Gasteiger partial charge >= 0.3 is 6.09 Å². The Balaban J connectivity index is 1.37. The van der Waals surface area contributed by atoms with E-state index in [4.69, 9.17) is 4.74 Å². The monoisotopic (exact) mass is 673 g/mol. The molecule has 0 spiro atoms. The fourth-order valence-electron chi connectivity index (χ4n) is 5.64. The van der Waals surface area contributed by atoms with Crippen molar-refractivity contribution in [3.8, 4) is 0 Å². The maximum Gasteiger partial charge on any atom is 0.408 e. The van der Waals surface area contributed by atoms with E-state index in [2.05, 4.69) is 20.3 Å². The molecule has 5 rings (SSSR count). The molecule has 0 aliphatic carbocycles. The van der Waals surface area contributed by atoms with Crippen LogP contribution in [0, 0.1) is 6.92 Å². The molecule has 1 atom stereocenters. The molecule has 48 heavy (non-hydrogen) atoms. The highest BCUT2D eigenvalue weighted by Crippen LogP contribution is 2.26. The van der Waals surface area contributed by atoms with E-state index in [0.29, 0.717) is 18.7 Å². The fourth-order valence-corrected chi connectivity index (χ4v) is 6.68. The van der Waals surface area contributed by atoms with Gasteiger partial charge in [0.15, 0.2) is 0 Å². The minimum atomic E-state index is -3.81. The number of aromatic nitrogens is 1.